The first-order chi connectivity index (χ1) is 8.24. The second kappa shape index (κ2) is 5.75. The molecule has 0 aromatic carbocycles. The Morgan fingerprint density at radius 1 is 1.56 bits per heavy atom. The molecule has 1 aromatic rings. The number of aryl methyl sites for hydroxylation is 2. The zero-order chi connectivity index (χ0) is 13.9. The minimum absolute atomic E-state index is 0.0970. The highest BCUT2D eigenvalue weighted by Gasteiger charge is 2.34. The number of carboxylic acids is 1. The molecule has 1 unspecified atom stereocenters. The average Bonchev–Trinajstić information content (AvgIpc) is 2.54. The number of rotatable bonds is 6. The number of nitrogens with one attached hydrogen (secondary N) is 1. The van der Waals surface area contributed by atoms with E-state index in [-0.39, 0.29) is 6.04 Å². The van der Waals surface area contributed by atoms with Gasteiger partial charge in [0.2, 0.25) is 0 Å². The second-order valence-electron chi connectivity index (χ2n) is 4.85. The Morgan fingerprint density at radius 3 is 2.56 bits per heavy atom. The first-order valence-corrected chi connectivity index (χ1v) is 6.81. The molecule has 0 spiro atoms. The third kappa shape index (κ3) is 3.74. The summed E-state index contributed by atoms with van der Waals surface area (Å²) in [6, 6.07) is 0.0970. The minimum atomic E-state index is -0.991. The fourth-order valence-electron chi connectivity index (χ4n) is 1.51. The lowest BCUT2D eigenvalue weighted by Crippen LogP contribution is -2.54. The van der Waals surface area contributed by atoms with Crippen molar-refractivity contribution in [2.75, 3.05) is 5.75 Å². The summed E-state index contributed by atoms with van der Waals surface area (Å²) in [5, 5.41) is 12.9. The van der Waals surface area contributed by atoms with Gasteiger partial charge in [0.15, 0.2) is 0 Å². The molecule has 2 N–H and O–H groups in total. The van der Waals surface area contributed by atoms with Crippen molar-refractivity contribution in [3.8, 4) is 0 Å². The molecule has 102 valence electrons. The van der Waals surface area contributed by atoms with E-state index in [4.69, 9.17) is 4.42 Å². The topological polar surface area (TPSA) is 75.4 Å². The third-order valence-corrected chi connectivity index (χ3v) is 3.72. The summed E-state index contributed by atoms with van der Waals surface area (Å²) in [5.74, 6) is 0.259. The van der Waals surface area contributed by atoms with Gasteiger partial charge in [0, 0.05) is 11.8 Å². The van der Waals surface area contributed by atoms with Crippen molar-refractivity contribution in [3.63, 3.8) is 0 Å². The molecular formula is C12H20N2O3S. The van der Waals surface area contributed by atoms with E-state index in [0.717, 1.165) is 11.5 Å². The van der Waals surface area contributed by atoms with Gasteiger partial charge in [-0.1, -0.05) is 11.8 Å². The number of nitrogens with zero attached hydrogens (tertiary/aromatic N) is 1. The molecule has 0 aliphatic heterocycles. The van der Waals surface area contributed by atoms with E-state index < -0.39 is 11.5 Å². The first-order valence-electron chi connectivity index (χ1n) is 5.82. The highest BCUT2D eigenvalue weighted by Crippen LogP contribution is 2.24. The van der Waals surface area contributed by atoms with Crippen LogP contribution in [0.3, 0.4) is 0 Å². The van der Waals surface area contributed by atoms with Crippen LogP contribution in [-0.4, -0.2) is 33.4 Å². The predicted molar refractivity (Wildman–Crippen MR) is 71.0 cm³/mol. The van der Waals surface area contributed by atoms with Gasteiger partial charge in [-0.05, 0) is 34.6 Å². The van der Waals surface area contributed by atoms with Crippen LogP contribution in [0.2, 0.25) is 0 Å². The molecule has 0 amide bonds. The van der Waals surface area contributed by atoms with Gasteiger partial charge in [-0.25, -0.2) is 4.98 Å². The molecule has 1 rings (SSSR count). The summed E-state index contributed by atoms with van der Waals surface area (Å²) < 4.78 is 5.43. The SMILES string of the molecule is Cc1nc(SCC(C)(NC(C)C)C(=O)O)oc1C. The Morgan fingerprint density at radius 2 is 2.17 bits per heavy atom. The highest BCUT2D eigenvalue weighted by molar-refractivity contribution is 7.99. The van der Waals surface area contributed by atoms with E-state index in [2.05, 4.69) is 10.3 Å². The lowest BCUT2D eigenvalue weighted by molar-refractivity contribution is -0.143. The largest absolute Gasteiger partial charge is 0.480 e. The first kappa shape index (κ1) is 15.0. The zero-order valence-corrected chi connectivity index (χ0v) is 12.2. The van der Waals surface area contributed by atoms with Gasteiger partial charge in [0.1, 0.15) is 11.3 Å². The molecule has 18 heavy (non-hydrogen) atoms. The highest BCUT2D eigenvalue weighted by atomic mass is 32.2. The van der Waals surface area contributed by atoms with Crippen LogP contribution in [-0.2, 0) is 4.79 Å². The van der Waals surface area contributed by atoms with Gasteiger partial charge in [-0.15, -0.1) is 0 Å². The Bertz CT molecular complexity index is 411. The van der Waals surface area contributed by atoms with Crippen LogP contribution in [0.5, 0.6) is 0 Å². The predicted octanol–water partition coefficient (Wildman–Crippen LogP) is 2.22. The minimum Gasteiger partial charge on any atom is -0.480 e. The number of hydrogen-bond acceptors (Lipinski definition) is 5. The maximum atomic E-state index is 11.3. The van der Waals surface area contributed by atoms with Gasteiger partial charge in [-0.2, -0.15) is 0 Å². The van der Waals surface area contributed by atoms with Gasteiger partial charge in [0.25, 0.3) is 5.22 Å². The van der Waals surface area contributed by atoms with Gasteiger partial charge >= 0.3 is 5.97 Å². The summed E-state index contributed by atoms with van der Waals surface area (Å²) >= 11 is 1.31. The molecular weight excluding hydrogens is 252 g/mol. The number of aliphatic carboxylic acids is 1. The Kier molecular flexibility index (Phi) is 4.81. The van der Waals surface area contributed by atoms with Crippen molar-refractivity contribution in [2.24, 2.45) is 0 Å². The van der Waals surface area contributed by atoms with Crippen molar-refractivity contribution in [3.05, 3.63) is 11.5 Å². The second-order valence-corrected chi connectivity index (χ2v) is 5.77. The summed E-state index contributed by atoms with van der Waals surface area (Å²) in [7, 11) is 0. The molecule has 0 aliphatic rings. The molecule has 0 fully saturated rings. The molecule has 0 saturated heterocycles. The van der Waals surface area contributed by atoms with Crippen molar-refractivity contribution < 1.29 is 14.3 Å². The summed E-state index contributed by atoms with van der Waals surface area (Å²) in [5.41, 5.74) is -0.152. The monoisotopic (exact) mass is 272 g/mol. The Labute approximate surface area is 111 Å². The van der Waals surface area contributed by atoms with Crippen LogP contribution in [0.25, 0.3) is 0 Å². The van der Waals surface area contributed by atoms with Crippen LogP contribution in [0.4, 0.5) is 0 Å². The van der Waals surface area contributed by atoms with Gasteiger partial charge in [-0.3, -0.25) is 10.1 Å². The van der Waals surface area contributed by atoms with Crippen molar-refractivity contribution in [1.29, 1.82) is 0 Å². The van der Waals surface area contributed by atoms with E-state index in [1.54, 1.807) is 6.92 Å². The van der Waals surface area contributed by atoms with Crippen molar-refractivity contribution >= 4 is 17.7 Å². The number of hydrogen-bond donors (Lipinski definition) is 2. The lowest BCUT2D eigenvalue weighted by atomic mass is 10.1. The van der Waals surface area contributed by atoms with Crippen LogP contribution in [0.15, 0.2) is 9.64 Å². The number of carbonyl (C=O) groups is 1. The number of carboxylic acid groups (broad SMARTS) is 1. The molecule has 1 atom stereocenters. The van der Waals surface area contributed by atoms with Crippen LogP contribution in [0.1, 0.15) is 32.2 Å². The molecule has 5 nitrogen and oxygen atoms in total. The Hall–Kier alpha value is -1.01. The maximum Gasteiger partial charge on any atom is 0.324 e. The van der Waals surface area contributed by atoms with E-state index in [1.165, 1.54) is 11.8 Å². The molecule has 0 aliphatic carbocycles. The van der Waals surface area contributed by atoms with E-state index in [0.29, 0.717) is 11.0 Å². The number of thioether (sulfide) groups is 1. The Balaban J connectivity index is 2.71. The molecule has 0 saturated carbocycles. The van der Waals surface area contributed by atoms with Crippen LogP contribution in [0, 0.1) is 13.8 Å². The van der Waals surface area contributed by atoms with E-state index in [9.17, 15) is 9.90 Å². The van der Waals surface area contributed by atoms with Gasteiger partial charge < -0.3 is 9.52 Å². The molecule has 1 aromatic heterocycles. The normalized spacial score (nSPS) is 14.8. The quantitative estimate of drug-likeness (QED) is 0.773. The van der Waals surface area contributed by atoms with Crippen molar-refractivity contribution in [1.82, 2.24) is 10.3 Å². The smallest absolute Gasteiger partial charge is 0.324 e. The molecule has 6 heteroatoms. The van der Waals surface area contributed by atoms with Crippen LogP contribution < -0.4 is 5.32 Å². The third-order valence-electron chi connectivity index (χ3n) is 2.57. The molecule has 0 bridgehead atoms. The average molecular weight is 272 g/mol. The number of aromatic nitrogens is 1. The zero-order valence-electron chi connectivity index (χ0n) is 11.4. The molecule has 1 heterocycles. The fraction of sp³-hybridized carbons (Fsp3) is 0.667. The van der Waals surface area contributed by atoms with Gasteiger partial charge in [0.05, 0.1) is 5.69 Å². The summed E-state index contributed by atoms with van der Waals surface area (Å²) in [4.78, 5) is 15.6. The van der Waals surface area contributed by atoms with Crippen LogP contribution >= 0.6 is 11.8 Å². The standard InChI is InChI=1S/C12H20N2O3S/c1-7(2)14-12(5,10(15)16)6-18-11-13-8(3)9(4)17-11/h7,14H,6H2,1-5H3,(H,15,16). The van der Waals surface area contributed by atoms with E-state index >= 15 is 0 Å². The fourth-order valence-corrected chi connectivity index (χ4v) is 2.52. The molecule has 0 radical (unpaired) electrons. The summed E-state index contributed by atoms with van der Waals surface area (Å²) in [6.07, 6.45) is 0. The lowest BCUT2D eigenvalue weighted by Gasteiger charge is -2.27. The maximum absolute atomic E-state index is 11.3. The van der Waals surface area contributed by atoms with E-state index in [1.807, 2.05) is 27.7 Å². The summed E-state index contributed by atoms with van der Waals surface area (Å²) in [6.45, 7) is 9.22. The number of oxazole rings is 1. The van der Waals surface area contributed by atoms with Crippen molar-refractivity contribution in [2.45, 2.75) is 51.4 Å².